The third-order valence-electron chi connectivity index (χ3n) is 3.33. The summed E-state index contributed by atoms with van der Waals surface area (Å²) < 4.78 is 0. The van der Waals surface area contributed by atoms with Crippen molar-refractivity contribution in [2.45, 2.75) is 84.0 Å². The van der Waals surface area contributed by atoms with Gasteiger partial charge in [-0.15, -0.1) is 0 Å². The molecule has 1 heteroatoms. The van der Waals surface area contributed by atoms with Gasteiger partial charge in [-0.2, -0.15) is 0 Å². The van der Waals surface area contributed by atoms with Gasteiger partial charge in [-0.3, -0.25) is 0 Å². The maximum absolute atomic E-state index is 3.48. The van der Waals surface area contributed by atoms with Gasteiger partial charge in [0.1, 0.15) is 0 Å². The van der Waals surface area contributed by atoms with E-state index < -0.39 is 0 Å². The van der Waals surface area contributed by atoms with Crippen LogP contribution >= 0.6 is 15.9 Å². The fraction of sp³-hybridized carbons (Fsp3) is 0.778. The maximum atomic E-state index is 3.48. The van der Waals surface area contributed by atoms with Crippen LogP contribution in [0.15, 0.2) is 24.3 Å². The van der Waals surface area contributed by atoms with Gasteiger partial charge in [0.2, 0.25) is 0 Å². The molecule has 0 aromatic rings. The number of rotatable bonds is 14. The minimum Gasteiger partial charge on any atom is -0.0928 e. The summed E-state index contributed by atoms with van der Waals surface area (Å²) in [5, 5.41) is 1.17. The van der Waals surface area contributed by atoms with E-state index >= 15 is 0 Å². The molecule has 0 spiro atoms. The Morgan fingerprint density at radius 2 is 1.16 bits per heavy atom. The first kappa shape index (κ1) is 19.0. The molecule has 0 saturated heterocycles. The molecule has 0 amide bonds. The Kier molecular flexibility index (Phi) is 17.9. The van der Waals surface area contributed by atoms with Crippen molar-refractivity contribution in [2.24, 2.45) is 0 Å². The normalized spacial score (nSPS) is 11.9. The zero-order valence-electron chi connectivity index (χ0n) is 12.9. The van der Waals surface area contributed by atoms with Crippen molar-refractivity contribution >= 4 is 15.9 Å². The molecule has 0 heterocycles. The first-order valence-corrected chi connectivity index (χ1v) is 9.40. The Morgan fingerprint density at radius 1 is 0.632 bits per heavy atom. The van der Waals surface area contributed by atoms with E-state index in [2.05, 4.69) is 47.2 Å². The quantitative estimate of drug-likeness (QED) is 0.180. The summed E-state index contributed by atoms with van der Waals surface area (Å²) in [6.45, 7) is 2.26. The summed E-state index contributed by atoms with van der Waals surface area (Å²) >= 11 is 3.48. The third kappa shape index (κ3) is 18.0. The lowest BCUT2D eigenvalue weighted by Crippen LogP contribution is -1.80. The first-order chi connectivity index (χ1) is 9.41. The second-order valence-corrected chi connectivity index (χ2v) is 6.07. The highest BCUT2D eigenvalue weighted by molar-refractivity contribution is 9.09. The molecular formula is C18H33Br. The monoisotopic (exact) mass is 328 g/mol. The molecular weight excluding hydrogens is 296 g/mol. The molecule has 0 radical (unpaired) electrons. The minimum absolute atomic E-state index is 1.12. The number of unbranched alkanes of at least 4 members (excludes halogenated alkanes) is 9. The van der Waals surface area contributed by atoms with Crippen LogP contribution in [-0.4, -0.2) is 5.33 Å². The number of halogens is 1. The molecule has 0 fully saturated rings. The van der Waals surface area contributed by atoms with Crippen LogP contribution in [0.25, 0.3) is 0 Å². The molecule has 0 N–H and O–H groups in total. The standard InChI is InChI=1S/C18H33Br/c1-2-3-4-5-6-7-8-9-10-11-12-13-14-15-16-17-18-19/h6-7,9-10H,2-5,8,11-18H2,1H3. The molecule has 0 aliphatic heterocycles. The van der Waals surface area contributed by atoms with Gasteiger partial charge in [-0.05, 0) is 38.5 Å². The van der Waals surface area contributed by atoms with Crippen LogP contribution < -0.4 is 0 Å². The largest absolute Gasteiger partial charge is 0.0928 e. The fourth-order valence-corrected chi connectivity index (χ4v) is 2.48. The summed E-state index contributed by atoms with van der Waals surface area (Å²) in [5.41, 5.74) is 0. The SMILES string of the molecule is CCCCCC=CCC=CCCCCCCCCBr. The van der Waals surface area contributed by atoms with Crippen molar-refractivity contribution in [2.75, 3.05) is 5.33 Å². The molecule has 0 aliphatic rings. The number of alkyl halides is 1. The Labute approximate surface area is 129 Å². The van der Waals surface area contributed by atoms with E-state index in [-0.39, 0.29) is 0 Å². The fourth-order valence-electron chi connectivity index (χ4n) is 2.08. The summed E-state index contributed by atoms with van der Waals surface area (Å²) in [7, 11) is 0. The first-order valence-electron chi connectivity index (χ1n) is 8.27. The smallest absolute Gasteiger partial charge is 0.00313 e. The molecule has 0 aliphatic carbocycles. The zero-order chi connectivity index (χ0) is 14.0. The van der Waals surface area contributed by atoms with Crippen LogP contribution in [0.1, 0.15) is 84.0 Å². The van der Waals surface area contributed by atoms with Crippen LogP contribution in [0.3, 0.4) is 0 Å². The topological polar surface area (TPSA) is 0 Å². The Balaban J connectivity index is 3.12. The maximum Gasteiger partial charge on any atom is 0.00313 e. The Morgan fingerprint density at radius 3 is 1.74 bits per heavy atom. The van der Waals surface area contributed by atoms with Gasteiger partial charge < -0.3 is 0 Å². The summed E-state index contributed by atoms with van der Waals surface area (Å²) in [5.74, 6) is 0. The molecule has 0 unspecified atom stereocenters. The second kappa shape index (κ2) is 18.0. The van der Waals surface area contributed by atoms with Crippen molar-refractivity contribution in [3.63, 3.8) is 0 Å². The predicted molar refractivity (Wildman–Crippen MR) is 93.2 cm³/mol. The molecule has 112 valence electrons. The highest BCUT2D eigenvalue weighted by atomic mass is 79.9. The van der Waals surface area contributed by atoms with E-state index in [1.165, 1.54) is 76.0 Å². The molecule has 0 aromatic carbocycles. The van der Waals surface area contributed by atoms with Gasteiger partial charge in [0.25, 0.3) is 0 Å². The average molecular weight is 329 g/mol. The van der Waals surface area contributed by atoms with E-state index in [0.717, 1.165) is 6.42 Å². The van der Waals surface area contributed by atoms with Crippen molar-refractivity contribution in [3.8, 4) is 0 Å². The Bertz CT molecular complexity index is 206. The molecule has 0 rings (SSSR count). The van der Waals surface area contributed by atoms with E-state index in [1.807, 2.05) is 0 Å². The molecule has 0 nitrogen and oxygen atoms in total. The number of allylic oxidation sites excluding steroid dienone is 4. The van der Waals surface area contributed by atoms with Gasteiger partial charge in [-0.25, -0.2) is 0 Å². The molecule has 0 saturated carbocycles. The van der Waals surface area contributed by atoms with E-state index in [0.29, 0.717) is 0 Å². The molecule has 0 aromatic heterocycles. The van der Waals surface area contributed by atoms with Crippen molar-refractivity contribution in [1.29, 1.82) is 0 Å². The van der Waals surface area contributed by atoms with Crippen LogP contribution in [0.5, 0.6) is 0 Å². The Hall–Kier alpha value is -0.0400. The lowest BCUT2D eigenvalue weighted by Gasteiger charge is -1.98. The molecule has 19 heavy (non-hydrogen) atoms. The van der Waals surface area contributed by atoms with E-state index in [9.17, 15) is 0 Å². The number of hydrogen-bond donors (Lipinski definition) is 0. The number of hydrogen-bond acceptors (Lipinski definition) is 0. The van der Waals surface area contributed by atoms with Crippen LogP contribution in [0, 0.1) is 0 Å². The third-order valence-corrected chi connectivity index (χ3v) is 3.89. The van der Waals surface area contributed by atoms with Gasteiger partial charge >= 0.3 is 0 Å². The lowest BCUT2D eigenvalue weighted by molar-refractivity contribution is 0.613. The van der Waals surface area contributed by atoms with Crippen molar-refractivity contribution in [1.82, 2.24) is 0 Å². The van der Waals surface area contributed by atoms with Crippen LogP contribution in [-0.2, 0) is 0 Å². The van der Waals surface area contributed by atoms with E-state index in [1.54, 1.807) is 0 Å². The van der Waals surface area contributed by atoms with Crippen LogP contribution in [0.2, 0.25) is 0 Å². The van der Waals surface area contributed by atoms with Crippen LogP contribution in [0.4, 0.5) is 0 Å². The molecule has 0 atom stereocenters. The lowest BCUT2D eigenvalue weighted by atomic mass is 10.1. The van der Waals surface area contributed by atoms with E-state index in [4.69, 9.17) is 0 Å². The van der Waals surface area contributed by atoms with Gasteiger partial charge in [0.15, 0.2) is 0 Å². The summed E-state index contributed by atoms with van der Waals surface area (Å²) in [6, 6.07) is 0. The van der Waals surface area contributed by atoms with Crippen molar-refractivity contribution in [3.05, 3.63) is 24.3 Å². The highest BCUT2D eigenvalue weighted by Gasteiger charge is 1.89. The van der Waals surface area contributed by atoms with Gasteiger partial charge in [0.05, 0.1) is 0 Å². The van der Waals surface area contributed by atoms with Crippen molar-refractivity contribution < 1.29 is 0 Å². The predicted octanol–water partition coefficient (Wildman–Crippen LogP) is 7.19. The molecule has 0 bridgehead atoms. The van der Waals surface area contributed by atoms with Gasteiger partial charge in [-0.1, -0.05) is 85.7 Å². The summed E-state index contributed by atoms with van der Waals surface area (Å²) in [6.07, 6.45) is 25.3. The minimum atomic E-state index is 1.12. The summed E-state index contributed by atoms with van der Waals surface area (Å²) in [4.78, 5) is 0. The second-order valence-electron chi connectivity index (χ2n) is 5.27. The zero-order valence-corrected chi connectivity index (χ0v) is 14.5. The average Bonchev–Trinajstić information content (AvgIpc) is 2.43. The van der Waals surface area contributed by atoms with Gasteiger partial charge in [0, 0.05) is 5.33 Å². The highest BCUT2D eigenvalue weighted by Crippen LogP contribution is 2.08.